The summed E-state index contributed by atoms with van der Waals surface area (Å²) in [5.41, 5.74) is 2.43. The lowest BCUT2D eigenvalue weighted by atomic mass is 9.99. The molecule has 2 aromatic carbocycles. The summed E-state index contributed by atoms with van der Waals surface area (Å²) in [4.78, 5) is 0. The first-order valence-electron chi connectivity index (χ1n) is 6.53. The van der Waals surface area contributed by atoms with Crippen LogP contribution in [-0.2, 0) is 6.42 Å². The highest BCUT2D eigenvalue weighted by Crippen LogP contribution is 2.28. The molecule has 0 heterocycles. The molecule has 0 aliphatic rings. The molecular formula is C16H16BrCl2N. The second-order valence-electron chi connectivity index (χ2n) is 4.62. The second-order valence-corrected chi connectivity index (χ2v) is 6.32. The Hall–Kier alpha value is -0.540. The molecule has 106 valence electrons. The van der Waals surface area contributed by atoms with Gasteiger partial charge in [0, 0.05) is 15.5 Å². The number of nitrogens with one attached hydrogen (secondary N) is 1. The normalized spacial score (nSPS) is 12.4. The Morgan fingerprint density at radius 3 is 2.60 bits per heavy atom. The van der Waals surface area contributed by atoms with Crippen molar-refractivity contribution in [2.75, 3.05) is 6.54 Å². The molecule has 0 saturated heterocycles. The van der Waals surface area contributed by atoms with Gasteiger partial charge >= 0.3 is 0 Å². The number of hydrogen-bond donors (Lipinski definition) is 1. The van der Waals surface area contributed by atoms with Crippen LogP contribution in [0.1, 0.15) is 24.1 Å². The van der Waals surface area contributed by atoms with E-state index in [0.717, 1.165) is 27.5 Å². The van der Waals surface area contributed by atoms with Gasteiger partial charge in [0.25, 0.3) is 0 Å². The first kappa shape index (κ1) is 15.8. The summed E-state index contributed by atoms with van der Waals surface area (Å²) >= 11 is 15.6. The van der Waals surface area contributed by atoms with E-state index in [1.165, 1.54) is 11.1 Å². The van der Waals surface area contributed by atoms with Gasteiger partial charge in [0.05, 0.1) is 5.02 Å². The third-order valence-electron chi connectivity index (χ3n) is 3.13. The number of hydrogen-bond acceptors (Lipinski definition) is 1. The van der Waals surface area contributed by atoms with Crippen molar-refractivity contribution in [1.82, 2.24) is 5.32 Å². The van der Waals surface area contributed by atoms with Gasteiger partial charge in [-0.15, -0.1) is 0 Å². The molecule has 1 atom stereocenters. The third-order valence-corrected chi connectivity index (χ3v) is 4.57. The molecule has 0 aromatic heterocycles. The lowest BCUT2D eigenvalue weighted by molar-refractivity contribution is 0.549. The molecule has 1 nitrogen and oxygen atoms in total. The van der Waals surface area contributed by atoms with Crippen LogP contribution in [0.2, 0.25) is 10.0 Å². The van der Waals surface area contributed by atoms with Crippen molar-refractivity contribution in [3.05, 3.63) is 68.1 Å². The summed E-state index contributed by atoms with van der Waals surface area (Å²) < 4.78 is 0.922. The average molecular weight is 373 g/mol. The van der Waals surface area contributed by atoms with E-state index < -0.39 is 0 Å². The predicted octanol–water partition coefficient (Wildman–Crippen LogP) is 5.65. The number of likely N-dealkylation sites (N-methyl/N-ethyl adjacent to an activating group) is 1. The summed E-state index contributed by atoms with van der Waals surface area (Å²) in [5.74, 6) is 0. The van der Waals surface area contributed by atoms with Crippen molar-refractivity contribution in [3.63, 3.8) is 0 Å². The van der Waals surface area contributed by atoms with Crippen LogP contribution in [-0.4, -0.2) is 6.54 Å². The maximum atomic E-state index is 6.06. The minimum atomic E-state index is 0.243. The molecule has 0 fully saturated rings. The fraction of sp³-hybridized carbons (Fsp3) is 0.250. The van der Waals surface area contributed by atoms with Gasteiger partial charge in [-0.1, -0.05) is 48.3 Å². The smallest absolute Gasteiger partial charge is 0.0548 e. The van der Waals surface area contributed by atoms with E-state index in [4.69, 9.17) is 23.2 Å². The molecule has 0 spiro atoms. The van der Waals surface area contributed by atoms with Gasteiger partial charge in [0.2, 0.25) is 0 Å². The molecule has 0 aliphatic carbocycles. The summed E-state index contributed by atoms with van der Waals surface area (Å²) in [5, 5.41) is 5.01. The van der Waals surface area contributed by atoms with E-state index in [1.54, 1.807) is 0 Å². The Balaban J connectivity index is 2.24. The van der Waals surface area contributed by atoms with Crippen molar-refractivity contribution in [2.24, 2.45) is 0 Å². The first-order chi connectivity index (χ1) is 9.60. The van der Waals surface area contributed by atoms with Crippen LogP contribution >= 0.6 is 39.1 Å². The average Bonchev–Trinajstić information content (AvgIpc) is 2.41. The van der Waals surface area contributed by atoms with E-state index in [9.17, 15) is 0 Å². The van der Waals surface area contributed by atoms with Crippen molar-refractivity contribution in [2.45, 2.75) is 19.4 Å². The number of rotatable bonds is 5. The fourth-order valence-corrected chi connectivity index (χ4v) is 2.91. The summed E-state index contributed by atoms with van der Waals surface area (Å²) in [6.07, 6.45) is 0.891. The molecule has 0 bridgehead atoms. The molecule has 1 N–H and O–H groups in total. The molecule has 2 aromatic rings. The summed E-state index contributed by atoms with van der Waals surface area (Å²) in [6.45, 7) is 3.02. The van der Waals surface area contributed by atoms with Gasteiger partial charge in [-0.3, -0.25) is 0 Å². The highest BCUT2D eigenvalue weighted by atomic mass is 79.9. The Morgan fingerprint density at radius 2 is 1.95 bits per heavy atom. The molecule has 20 heavy (non-hydrogen) atoms. The minimum absolute atomic E-state index is 0.243. The highest BCUT2D eigenvalue weighted by Gasteiger charge is 2.12. The van der Waals surface area contributed by atoms with Gasteiger partial charge in [-0.25, -0.2) is 0 Å². The Kier molecular flexibility index (Phi) is 5.91. The first-order valence-corrected chi connectivity index (χ1v) is 8.08. The monoisotopic (exact) mass is 371 g/mol. The van der Waals surface area contributed by atoms with Gasteiger partial charge in [-0.2, -0.15) is 0 Å². The van der Waals surface area contributed by atoms with Crippen molar-refractivity contribution < 1.29 is 0 Å². The van der Waals surface area contributed by atoms with E-state index in [1.807, 2.05) is 24.3 Å². The summed E-state index contributed by atoms with van der Waals surface area (Å²) in [6, 6.07) is 14.3. The lowest BCUT2D eigenvalue weighted by Crippen LogP contribution is -2.23. The molecular weight excluding hydrogens is 357 g/mol. The van der Waals surface area contributed by atoms with Gasteiger partial charge in [0.1, 0.15) is 0 Å². The third kappa shape index (κ3) is 4.23. The number of halogens is 3. The molecule has 1 unspecified atom stereocenters. The Morgan fingerprint density at radius 1 is 1.15 bits per heavy atom. The van der Waals surface area contributed by atoms with Crippen molar-refractivity contribution >= 4 is 39.1 Å². The molecule has 4 heteroatoms. The number of benzene rings is 2. The van der Waals surface area contributed by atoms with Gasteiger partial charge < -0.3 is 5.32 Å². The van der Waals surface area contributed by atoms with Gasteiger partial charge in [0.15, 0.2) is 0 Å². The quantitative estimate of drug-likeness (QED) is 0.714. The maximum Gasteiger partial charge on any atom is 0.0548 e. The van der Waals surface area contributed by atoms with Crippen LogP contribution in [0.25, 0.3) is 0 Å². The van der Waals surface area contributed by atoms with Crippen molar-refractivity contribution in [3.8, 4) is 0 Å². The molecule has 0 aliphatic heterocycles. The Bertz CT molecular complexity index is 586. The highest BCUT2D eigenvalue weighted by molar-refractivity contribution is 9.10. The van der Waals surface area contributed by atoms with Crippen LogP contribution < -0.4 is 5.32 Å². The Labute approximate surface area is 138 Å². The minimum Gasteiger partial charge on any atom is -0.310 e. The van der Waals surface area contributed by atoms with Crippen LogP contribution in [0.15, 0.2) is 46.9 Å². The van der Waals surface area contributed by atoms with Crippen LogP contribution in [0.5, 0.6) is 0 Å². The van der Waals surface area contributed by atoms with Gasteiger partial charge in [-0.05, 0) is 64.3 Å². The maximum absolute atomic E-state index is 6.06. The van der Waals surface area contributed by atoms with E-state index >= 15 is 0 Å². The predicted molar refractivity (Wildman–Crippen MR) is 90.7 cm³/mol. The largest absolute Gasteiger partial charge is 0.310 e. The fourth-order valence-electron chi connectivity index (χ4n) is 2.18. The zero-order chi connectivity index (χ0) is 14.5. The lowest BCUT2D eigenvalue weighted by Gasteiger charge is -2.19. The van der Waals surface area contributed by atoms with E-state index in [2.05, 4.69) is 46.4 Å². The van der Waals surface area contributed by atoms with Crippen LogP contribution in [0.3, 0.4) is 0 Å². The van der Waals surface area contributed by atoms with Crippen molar-refractivity contribution in [1.29, 1.82) is 0 Å². The van der Waals surface area contributed by atoms with Crippen LogP contribution in [0, 0.1) is 0 Å². The zero-order valence-corrected chi connectivity index (χ0v) is 14.3. The molecule has 0 radical (unpaired) electrons. The standard InChI is InChI=1S/C16H16BrCl2N/c1-2-20-16(9-11-4-3-5-13(18)8-11)12-6-7-15(19)14(17)10-12/h3-8,10,16,20H,2,9H2,1H3. The zero-order valence-electron chi connectivity index (χ0n) is 11.2. The second kappa shape index (κ2) is 7.46. The molecule has 2 rings (SSSR count). The topological polar surface area (TPSA) is 12.0 Å². The van der Waals surface area contributed by atoms with E-state index in [0.29, 0.717) is 0 Å². The molecule has 0 amide bonds. The van der Waals surface area contributed by atoms with E-state index in [-0.39, 0.29) is 6.04 Å². The SMILES string of the molecule is CCNC(Cc1cccc(Cl)c1)c1ccc(Cl)c(Br)c1. The summed E-state index contributed by atoms with van der Waals surface area (Å²) in [7, 11) is 0. The van der Waals surface area contributed by atoms with Crippen LogP contribution in [0.4, 0.5) is 0 Å². The molecule has 0 saturated carbocycles.